The zero-order valence-electron chi connectivity index (χ0n) is 35.8. The maximum absolute atomic E-state index is 12.8. The molecule has 1 aliphatic carbocycles. The molecule has 0 spiro atoms. The fourth-order valence-corrected chi connectivity index (χ4v) is 7.24. The Balaban J connectivity index is 2.52. The van der Waals surface area contributed by atoms with E-state index in [-0.39, 0.29) is 12.8 Å². The molecule has 0 aromatic rings. The number of esters is 2. The lowest BCUT2D eigenvalue weighted by atomic mass is 9.85. The lowest BCUT2D eigenvalue weighted by Crippen LogP contribution is -2.64. The Morgan fingerprint density at radius 2 is 0.966 bits per heavy atom. The third-order valence-corrected chi connectivity index (χ3v) is 10.8. The fourth-order valence-electron chi connectivity index (χ4n) is 6.27. The number of carbonyl (C=O) groups excluding carboxylic acids is 2. The van der Waals surface area contributed by atoms with Gasteiger partial charge in [-0.05, 0) is 77.0 Å². The molecule has 0 amide bonds. The second-order valence-corrected chi connectivity index (χ2v) is 16.6. The average molecular weight is 857 g/mol. The molecule has 8 atom stereocenters. The first kappa shape index (κ1) is 54.6. The number of aliphatic hydroxyl groups excluding tert-OH is 5. The van der Waals surface area contributed by atoms with Crippen LogP contribution in [0.4, 0.5) is 0 Å². The maximum atomic E-state index is 12.8. The Morgan fingerprint density at radius 1 is 0.542 bits per heavy atom. The number of phosphoric ester groups is 1. The monoisotopic (exact) mass is 857 g/mol. The summed E-state index contributed by atoms with van der Waals surface area (Å²) in [5.41, 5.74) is 0. The summed E-state index contributed by atoms with van der Waals surface area (Å²) in [5.74, 6) is -1.16. The van der Waals surface area contributed by atoms with Crippen LogP contribution in [0.3, 0.4) is 0 Å². The molecule has 340 valence electrons. The van der Waals surface area contributed by atoms with Gasteiger partial charge in [-0.2, -0.15) is 0 Å². The van der Waals surface area contributed by atoms with Crippen LogP contribution in [-0.4, -0.2) is 98.3 Å². The number of allylic oxidation sites excluding steroid dienone is 10. The molecule has 0 aliphatic heterocycles. The Labute approximate surface area is 353 Å². The molecule has 1 rings (SSSR count). The van der Waals surface area contributed by atoms with E-state index >= 15 is 0 Å². The van der Waals surface area contributed by atoms with Crippen LogP contribution < -0.4 is 0 Å². The first-order valence-corrected chi connectivity index (χ1v) is 23.6. The lowest BCUT2D eigenvalue weighted by molar-refractivity contribution is -0.220. The van der Waals surface area contributed by atoms with Crippen LogP contribution in [-0.2, 0) is 32.7 Å². The van der Waals surface area contributed by atoms with E-state index < -0.39 is 75.7 Å². The van der Waals surface area contributed by atoms with E-state index in [0.29, 0.717) is 12.8 Å². The quantitative estimate of drug-likeness (QED) is 0.0154. The Kier molecular flexibility index (Phi) is 32.5. The molecule has 13 nitrogen and oxygen atoms in total. The van der Waals surface area contributed by atoms with E-state index in [1.54, 1.807) is 0 Å². The van der Waals surface area contributed by atoms with Crippen molar-refractivity contribution < 1.29 is 63.1 Å². The summed E-state index contributed by atoms with van der Waals surface area (Å²) in [5, 5.41) is 50.1. The molecule has 0 aromatic carbocycles. The molecule has 1 saturated carbocycles. The van der Waals surface area contributed by atoms with E-state index in [2.05, 4.69) is 74.6 Å². The molecule has 0 radical (unpaired) electrons. The fraction of sp³-hybridized carbons (Fsp3) is 0.733. The minimum absolute atomic E-state index is 0.0752. The highest BCUT2D eigenvalue weighted by molar-refractivity contribution is 7.47. The van der Waals surface area contributed by atoms with Crippen molar-refractivity contribution in [3.8, 4) is 0 Å². The Bertz CT molecular complexity index is 1270. The highest BCUT2D eigenvalue weighted by atomic mass is 31.2. The number of hydrogen-bond acceptors (Lipinski definition) is 12. The number of carbonyl (C=O) groups is 2. The van der Waals surface area contributed by atoms with Gasteiger partial charge in [0.15, 0.2) is 6.10 Å². The number of ether oxygens (including phenoxy) is 2. The molecule has 1 fully saturated rings. The molecule has 6 N–H and O–H groups in total. The first-order valence-electron chi connectivity index (χ1n) is 22.1. The van der Waals surface area contributed by atoms with Crippen molar-refractivity contribution in [2.24, 2.45) is 0 Å². The summed E-state index contributed by atoms with van der Waals surface area (Å²) in [7, 11) is -5.13. The lowest BCUT2D eigenvalue weighted by Gasteiger charge is -2.41. The zero-order valence-corrected chi connectivity index (χ0v) is 36.7. The van der Waals surface area contributed by atoms with Gasteiger partial charge in [-0.25, -0.2) is 4.57 Å². The summed E-state index contributed by atoms with van der Waals surface area (Å²) < 4.78 is 33.4. The second-order valence-electron chi connectivity index (χ2n) is 15.2. The molecular weight excluding hydrogens is 779 g/mol. The Hall–Kier alpha value is -2.45. The van der Waals surface area contributed by atoms with Gasteiger partial charge in [0, 0.05) is 12.8 Å². The minimum atomic E-state index is -5.13. The van der Waals surface area contributed by atoms with Gasteiger partial charge < -0.3 is 39.9 Å². The van der Waals surface area contributed by atoms with Gasteiger partial charge in [0.1, 0.15) is 43.2 Å². The number of unbranched alkanes of at least 4 members (excludes halogenated alkanes) is 13. The topological polar surface area (TPSA) is 210 Å². The average Bonchev–Trinajstić information content (AvgIpc) is 3.21. The van der Waals surface area contributed by atoms with Crippen molar-refractivity contribution in [3.05, 3.63) is 60.8 Å². The van der Waals surface area contributed by atoms with Gasteiger partial charge in [-0.15, -0.1) is 0 Å². The summed E-state index contributed by atoms with van der Waals surface area (Å²) in [6.45, 7) is 3.12. The number of rotatable bonds is 35. The Morgan fingerprint density at radius 3 is 1.53 bits per heavy atom. The molecule has 0 bridgehead atoms. The third kappa shape index (κ3) is 27.9. The molecule has 0 aromatic heterocycles. The van der Waals surface area contributed by atoms with E-state index in [4.69, 9.17) is 18.5 Å². The predicted octanol–water partition coefficient (Wildman–Crippen LogP) is 8.16. The van der Waals surface area contributed by atoms with Crippen LogP contribution in [0.15, 0.2) is 60.8 Å². The van der Waals surface area contributed by atoms with Gasteiger partial charge in [0.2, 0.25) is 0 Å². The van der Waals surface area contributed by atoms with Crippen LogP contribution in [0.1, 0.15) is 155 Å². The normalized spacial score (nSPS) is 22.9. The van der Waals surface area contributed by atoms with E-state index in [1.807, 2.05) is 0 Å². The predicted molar refractivity (Wildman–Crippen MR) is 230 cm³/mol. The van der Waals surface area contributed by atoms with Crippen molar-refractivity contribution >= 4 is 19.8 Å². The van der Waals surface area contributed by atoms with E-state index in [0.717, 1.165) is 77.0 Å². The SMILES string of the molecule is CC/C=C/C/C=C/C/C=C/C/C=C/CCCCC(=O)OC[C@H](COP(=O)(O)OC1C(O)C(O)C(O)[C@@H](O)C1O)OC(=O)CCCCCCC/C=C/CCCCCCCC. The molecule has 6 unspecified atom stereocenters. The van der Waals surface area contributed by atoms with Gasteiger partial charge in [0.25, 0.3) is 0 Å². The maximum Gasteiger partial charge on any atom is 0.472 e. The summed E-state index contributed by atoms with van der Waals surface area (Å²) >= 11 is 0. The van der Waals surface area contributed by atoms with Crippen LogP contribution >= 0.6 is 7.82 Å². The second kappa shape index (κ2) is 35.2. The van der Waals surface area contributed by atoms with E-state index in [9.17, 15) is 44.6 Å². The molecule has 14 heteroatoms. The first-order chi connectivity index (χ1) is 28.4. The molecule has 0 saturated heterocycles. The highest BCUT2D eigenvalue weighted by Gasteiger charge is 2.51. The van der Waals surface area contributed by atoms with Gasteiger partial charge in [-0.3, -0.25) is 18.6 Å². The van der Waals surface area contributed by atoms with Crippen molar-refractivity contribution in [1.29, 1.82) is 0 Å². The summed E-state index contributed by atoms with van der Waals surface area (Å²) in [6, 6.07) is 0. The minimum Gasteiger partial charge on any atom is -0.462 e. The van der Waals surface area contributed by atoms with Gasteiger partial charge >= 0.3 is 19.8 Å². The summed E-state index contributed by atoms with van der Waals surface area (Å²) in [4.78, 5) is 35.6. The van der Waals surface area contributed by atoms with Crippen molar-refractivity contribution in [2.45, 2.75) is 198 Å². The summed E-state index contributed by atoms with van der Waals surface area (Å²) in [6.07, 6.45) is 28.5. The van der Waals surface area contributed by atoms with Crippen molar-refractivity contribution in [3.63, 3.8) is 0 Å². The largest absolute Gasteiger partial charge is 0.472 e. The van der Waals surface area contributed by atoms with Crippen molar-refractivity contribution in [2.75, 3.05) is 13.2 Å². The molecule has 0 heterocycles. The molecule has 59 heavy (non-hydrogen) atoms. The number of aliphatic hydroxyl groups is 5. The zero-order chi connectivity index (χ0) is 43.6. The number of phosphoric acid groups is 1. The van der Waals surface area contributed by atoms with Crippen LogP contribution in [0.5, 0.6) is 0 Å². The standard InChI is InChI=1S/C45H77O13P/c1-3-5-7-9-11-13-15-17-19-21-23-25-27-29-31-33-38(46)55-35-37(36-56-59(53,54)58-45-43(51)41(49)40(48)42(50)44(45)52)57-39(47)34-32-30-28-26-24-22-20-18-16-14-12-10-8-6-4-2/h5,7,11,13,17-20,23,25,37,40-45,48-52H,3-4,6,8-10,12,14-16,21-22,24,26-36H2,1-2H3,(H,53,54)/b7-5+,13-11+,19-17+,20-18+,25-23+/t37-,40?,41-,42?,43?,44?,45?/m1/s1. The molecule has 1 aliphatic rings. The van der Waals surface area contributed by atoms with Crippen LogP contribution in [0, 0.1) is 0 Å². The molecular formula is C45H77O13P. The smallest absolute Gasteiger partial charge is 0.462 e. The number of hydrogen-bond donors (Lipinski definition) is 6. The van der Waals surface area contributed by atoms with Crippen molar-refractivity contribution in [1.82, 2.24) is 0 Å². The third-order valence-electron chi connectivity index (χ3n) is 9.84. The van der Waals surface area contributed by atoms with Crippen LogP contribution in [0.25, 0.3) is 0 Å². The van der Waals surface area contributed by atoms with Gasteiger partial charge in [-0.1, -0.05) is 126 Å². The van der Waals surface area contributed by atoms with Gasteiger partial charge in [0.05, 0.1) is 6.61 Å². The highest BCUT2D eigenvalue weighted by Crippen LogP contribution is 2.47. The van der Waals surface area contributed by atoms with E-state index in [1.165, 1.54) is 38.5 Å². The van der Waals surface area contributed by atoms with Crippen LogP contribution in [0.2, 0.25) is 0 Å².